The van der Waals surface area contributed by atoms with E-state index in [1.807, 2.05) is 4.90 Å². The highest BCUT2D eigenvalue weighted by Crippen LogP contribution is 2.26. The van der Waals surface area contributed by atoms with E-state index in [-0.39, 0.29) is 6.61 Å². The summed E-state index contributed by atoms with van der Waals surface area (Å²) in [6.45, 7) is 1.54. The van der Waals surface area contributed by atoms with Gasteiger partial charge >= 0.3 is 0 Å². The number of hydrogen-bond acceptors (Lipinski definition) is 5. The zero-order valence-electron chi connectivity index (χ0n) is 8.75. The van der Waals surface area contributed by atoms with Crippen molar-refractivity contribution in [1.29, 1.82) is 0 Å². The number of nitrogens with zero attached hydrogens (tertiary/aromatic N) is 1. The van der Waals surface area contributed by atoms with E-state index in [1.165, 1.54) is 6.42 Å². The molecule has 15 heavy (non-hydrogen) atoms. The normalized spacial score (nSPS) is 43.4. The van der Waals surface area contributed by atoms with Crippen LogP contribution < -0.4 is 0 Å². The van der Waals surface area contributed by atoms with E-state index in [2.05, 4.69) is 0 Å². The van der Waals surface area contributed by atoms with E-state index in [0.717, 1.165) is 25.9 Å². The van der Waals surface area contributed by atoms with Crippen molar-refractivity contribution in [3.63, 3.8) is 0 Å². The second-order valence-electron chi connectivity index (χ2n) is 4.33. The van der Waals surface area contributed by atoms with Gasteiger partial charge in [0, 0.05) is 13.1 Å². The van der Waals surface area contributed by atoms with Crippen LogP contribution in [0.4, 0.5) is 0 Å². The molecule has 0 aromatic heterocycles. The van der Waals surface area contributed by atoms with E-state index < -0.39 is 24.5 Å². The molecule has 0 amide bonds. The summed E-state index contributed by atoms with van der Waals surface area (Å²) in [5, 5.41) is 28.3. The van der Waals surface area contributed by atoms with Crippen LogP contribution in [-0.2, 0) is 4.74 Å². The maximum absolute atomic E-state index is 9.78. The molecule has 0 aromatic rings. The van der Waals surface area contributed by atoms with Crippen molar-refractivity contribution in [2.24, 2.45) is 0 Å². The summed E-state index contributed by atoms with van der Waals surface area (Å²) in [4.78, 5) is 2.05. The first-order chi connectivity index (χ1) is 7.24. The van der Waals surface area contributed by atoms with Crippen LogP contribution >= 0.6 is 0 Å². The molecule has 0 unspecified atom stereocenters. The third-order valence-electron chi connectivity index (χ3n) is 3.27. The van der Waals surface area contributed by atoms with Gasteiger partial charge in [-0.2, -0.15) is 0 Å². The number of likely N-dealkylation sites (tertiary alicyclic amines) is 1. The van der Waals surface area contributed by atoms with E-state index >= 15 is 0 Å². The standard InChI is InChI=1S/C10H19NO4/c12-6-7-8(13)9(14)10(15-7)11-4-2-1-3-5-11/h7-10,12-14H,1-6H2/t7-,8+,9-,10+/m1/s1. The highest BCUT2D eigenvalue weighted by molar-refractivity contribution is 4.90. The minimum Gasteiger partial charge on any atom is -0.394 e. The van der Waals surface area contributed by atoms with Gasteiger partial charge in [-0.05, 0) is 12.8 Å². The molecule has 0 bridgehead atoms. The Labute approximate surface area is 89.3 Å². The Kier molecular flexibility index (Phi) is 3.58. The second-order valence-corrected chi connectivity index (χ2v) is 4.33. The molecule has 2 aliphatic heterocycles. The SMILES string of the molecule is OC[C@H]1O[C@H](N2CCCCC2)[C@H](O)[C@H]1O. The van der Waals surface area contributed by atoms with Gasteiger partial charge in [-0.3, -0.25) is 4.90 Å². The molecule has 3 N–H and O–H groups in total. The van der Waals surface area contributed by atoms with Crippen molar-refractivity contribution < 1.29 is 20.1 Å². The van der Waals surface area contributed by atoms with Crippen LogP contribution in [0.3, 0.4) is 0 Å². The molecule has 0 radical (unpaired) electrons. The number of aliphatic hydroxyl groups is 3. The zero-order valence-corrected chi connectivity index (χ0v) is 8.75. The van der Waals surface area contributed by atoms with Gasteiger partial charge in [-0.25, -0.2) is 0 Å². The average Bonchev–Trinajstić information content (AvgIpc) is 2.57. The van der Waals surface area contributed by atoms with E-state index in [1.54, 1.807) is 0 Å². The van der Waals surface area contributed by atoms with Gasteiger partial charge in [0.25, 0.3) is 0 Å². The van der Waals surface area contributed by atoms with Crippen molar-refractivity contribution >= 4 is 0 Å². The minimum absolute atomic E-state index is 0.247. The van der Waals surface area contributed by atoms with Gasteiger partial charge < -0.3 is 20.1 Å². The van der Waals surface area contributed by atoms with E-state index in [4.69, 9.17) is 9.84 Å². The predicted octanol–water partition coefficient (Wildman–Crippen LogP) is -1.09. The van der Waals surface area contributed by atoms with Crippen LogP contribution in [0.5, 0.6) is 0 Å². The molecule has 2 fully saturated rings. The summed E-state index contributed by atoms with van der Waals surface area (Å²) in [5.41, 5.74) is 0. The predicted molar refractivity (Wildman–Crippen MR) is 53.2 cm³/mol. The largest absolute Gasteiger partial charge is 0.394 e. The molecule has 5 heteroatoms. The number of ether oxygens (including phenoxy) is 1. The molecular formula is C10H19NO4. The summed E-state index contributed by atoms with van der Waals surface area (Å²) >= 11 is 0. The van der Waals surface area contributed by atoms with Crippen molar-refractivity contribution in [2.45, 2.75) is 43.8 Å². The van der Waals surface area contributed by atoms with Gasteiger partial charge in [0.05, 0.1) is 6.61 Å². The lowest BCUT2D eigenvalue weighted by Crippen LogP contribution is -2.46. The molecule has 5 nitrogen and oxygen atoms in total. The monoisotopic (exact) mass is 217 g/mol. The zero-order chi connectivity index (χ0) is 10.8. The highest BCUT2D eigenvalue weighted by Gasteiger charge is 2.45. The van der Waals surface area contributed by atoms with Crippen LogP contribution in [0.2, 0.25) is 0 Å². The fraction of sp³-hybridized carbons (Fsp3) is 1.00. The summed E-state index contributed by atoms with van der Waals surface area (Å²) in [6, 6.07) is 0. The van der Waals surface area contributed by atoms with Crippen LogP contribution in [-0.4, -0.2) is 64.5 Å². The van der Waals surface area contributed by atoms with Crippen LogP contribution in [0.1, 0.15) is 19.3 Å². The summed E-state index contributed by atoms with van der Waals surface area (Å²) < 4.78 is 5.45. The molecule has 2 rings (SSSR count). The van der Waals surface area contributed by atoms with Gasteiger partial charge in [0.1, 0.15) is 24.5 Å². The van der Waals surface area contributed by atoms with Crippen LogP contribution in [0, 0.1) is 0 Å². The number of hydrogen-bond donors (Lipinski definition) is 3. The van der Waals surface area contributed by atoms with Crippen LogP contribution in [0.25, 0.3) is 0 Å². The molecule has 4 atom stereocenters. The quantitative estimate of drug-likeness (QED) is 0.548. The lowest BCUT2D eigenvalue weighted by atomic mass is 10.1. The third kappa shape index (κ3) is 2.16. The average molecular weight is 217 g/mol. The molecule has 0 aliphatic carbocycles. The number of rotatable bonds is 2. The first-order valence-corrected chi connectivity index (χ1v) is 5.60. The molecule has 2 heterocycles. The fourth-order valence-electron chi connectivity index (χ4n) is 2.35. The highest BCUT2D eigenvalue weighted by atomic mass is 16.6. The fourth-order valence-corrected chi connectivity index (χ4v) is 2.35. The van der Waals surface area contributed by atoms with E-state index in [9.17, 15) is 10.2 Å². The molecule has 88 valence electrons. The lowest BCUT2D eigenvalue weighted by molar-refractivity contribution is -0.102. The Morgan fingerprint density at radius 2 is 1.73 bits per heavy atom. The minimum atomic E-state index is -0.970. The maximum atomic E-state index is 9.78. The Hall–Kier alpha value is -0.200. The van der Waals surface area contributed by atoms with Crippen molar-refractivity contribution in [1.82, 2.24) is 4.90 Å². The second kappa shape index (κ2) is 4.76. The Morgan fingerprint density at radius 1 is 1.07 bits per heavy atom. The summed E-state index contributed by atoms with van der Waals surface area (Å²) in [7, 11) is 0. The summed E-state index contributed by atoms with van der Waals surface area (Å²) in [5.74, 6) is 0. The number of aliphatic hydroxyl groups excluding tert-OH is 3. The molecule has 2 aliphatic rings. The smallest absolute Gasteiger partial charge is 0.140 e. The van der Waals surface area contributed by atoms with Crippen LogP contribution in [0.15, 0.2) is 0 Å². The Balaban J connectivity index is 1.97. The molecule has 0 aromatic carbocycles. The lowest BCUT2D eigenvalue weighted by Gasteiger charge is -2.33. The topological polar surface area (TPSA) is 73.2 Å². The molecule has 2 saturated heterocycles. The first kappa shape index (κ1) is 11.3. The van der Waals surface area contributed by atoms with Gasteiger partial charge in [-0.1, -0.05) is 6.42 Å². The van der Waals surface area contributed by atoms with Crippen molar-refractivity contribution in [2.75, 3.05) is 19.7 Å². The van der Waals surface area contributed by atoms with Gasteiger partial charge in [0.2, 0.25) is 0 Å². The van der Waals surface area contributed by atoms with Crippen molar-refractivity contribution in [3.8, 4) is 0 Å². The Bertz CT molecular complexity index is 208. The van der Waals surface area contributed by atoms with Crippen molar-refractivity contribution in [3.05, 3.63) is 0 Å². The molecule has 0 saturated carbocycles. The Morgan fingerprint density at radius 3 is 2.27 bits per heavy atom. The van der Waals surface area contributed by atoms with Gasteiger partial charge in [-0.15, -0.1) is 0 Å². The number of piperidine rings is 1. The third-order valence-corrected chi connectivity index (χ3v) is 3.27. The van der Waals surface area contributed by atoms with E-state index in [0.29, 0.717) is 0 Å². The van der Waals surface area contributed by atoms with Gasteiger partial charge in [0.15, 0.2) is 0 Å². The molecule has 0 spiro atoms. The summed E-state index contributed by atoms with van der Waals surface area (Å²) in [6.07, 6.45) is 0.455. The molecular weight excluding hydrogens is 198 g/mol. The maximum Gasteiger partial charge on any atom is 0.140 e. The first-order valence-electron chi connectivity index (χ1n) is 5.60.